The molecule has 0 aromatic heterocycles. The van der Waals surface area contributed by atoms with Gasteiger partial charge >= 0.3 is 5.97 Å². The molecule has 0 N–H and O–H groups in total. The number of carbonyl (C=O) groups is 1. The smallest absolute Gasteiger partial charge is 0.305 e. The van der Waals surface area contributed by atoms with E-state index in [0.29, 0.717) is 6.42 Å². The number of rotatable bonds is 5. The van der Waals surface area contributed by atoms with Crippen LogP contribution in [0, 0.1) is 0 Å². The van der Waals surface area contributed by atoms with Gasteiger partial charge in [-0.15, -0.1) is 0 Å². The number of hydrogen-bond donors (Lipinski definition) is 0. The van der Waals surface area contributed by atoms with Crippen molar-refractivity contribution in [3.05, 3.63) is 60.7 Å². The first-order valence-corrected chi connectivity index (χ1v) is 7.78. The summed E-state index contributed by atoms with van der Waals surface area (Å²) >= 11 is 0. The molecule has 0 aliphatic rings. The quantitative estimate of drug-likeness (QED) is 0.478. The van der Waals surface area contributed by atoms with Crippen LogP contribution < -0.4 is 10.6 Å². The Morgan fingerprint density at radius 3 is 1.80 bits per heavy atom. The van der Waals surface area contributed by atoms with E-state index in [1.54, 1.807) is 0 Å². The third-order valence-corrected chi connectivity index (χ3v) is 5.42. The van der Waals surface area contributed by atoms with Gasteiger partial charge < -0.3 is 4.74 Å². The van der Waals surface area contributed by atoms with Crippen molar-refractivity contribution in [3.8, 4) is 0 Å². The Bertz CT molecular complexity index is 477. The van der Waals surface area contributed by atoms with Gasteiger partial charge in [-0.05, 0) is 24.7 Å². The highest BCUT2D eigenvalue weighted by molar-refractivity contribution is 7.73. The SMILES string of the molecule is COC(=O)CCP(c1ccccc1)c1ccccc1.[B]. The lowest BCUT2D eigenvalue weighted by Crippen LogP contribution is -2.16. The maximum Gasteiger partial charge on any atom is 0.305 e. The van der Waals surface area contributed by atoms with E-state index in [-0.39, 0.29) is 14.4 Å². The van der Waals surface area contributed by atoms with Gasteiger partial charge in [-0.3, -0.25) is 4.79 Å². The van der Waals surface area contributed by atoms with E-state index in [0.717, 1.165) is 6.16 Å². The molecule has 0 aliphatic carbocycles. The molecule has 4 heteroatoms. The second-order valence-corrected chi connectivity index (χ2v) is 6.48. The number of hydrogen-bond acceptors (Lipinski definition) is 2. The molecular formula is C16H17BO2P. The van der Waals surface area contributed by atoms with Crippen LogP contribution in [-0.4, -0.2) is 27.7 Å². The van der Waals surface area contributed by atoms with Crippen LogP contribution in [0.3, 0.4) is 0 Å². The molecule has 0 saturated heterocycles. The molecule has 0 aliphatic heterocycles. The summed E-state index contributed by atoms with van der Waals surface area (Å²) in [6.45, 7) is 0. The fourth-order valence-corrected chi connectivity index (χ4v) is 4.21. The predicted octanol–water partition coefficient (Wildman–Crippen LogP) is 2.30. The highest BCUT2D eigenvalue weighted by atomic mass is 31.1. The van der Waals surface area contributed by atoms with Gasteiger partial charge in [-0.1, -0.05) is 60.7 Å². The fraction of sp³-hybridized carbons (Fsp3) is 0.188. The minimum atomic E-state index is -0.490. The van der Waals surface area contributed by atoms with Crippen molar-refractivity contribution >= 4 is 32.9 Å². The molecule has 0 bridgehead atoms. The zero-order chi connectivity index (χ0) is 13.5. The molecular weight excluding hydrogens is 266 g/mol. The lowest BCUT2D eigenvalue weighted by molar-refractivity contribution is -0.140. The first kappa shape index (κ1) is 16.5. The summed E-state index contributed by atoms with van der Waals surface area (Å²) < 4.78 is 4.74. The summed E-state index contributed by atoms with van der Waals surface area (Å²) in [5.41, 5.74) is 0. The van der Waals surface area contributed by atoms with E-state index in [4.69, 9.17) is 4.74 Å². The third-order valence-electron chi connectivity index (χ3n) is 2.90. The molecule has 3 radical (unpaired) electrons. The Morgan fingerprint density at radius 1 is 0.950 bits per heavy atom. The number of benzene rings is 2. The van der Waals surface area contributed by atoms with Crippen molar-refractivity contribution in [1.82, 2.24) is 0 Å². The summed E-state index contributed by atoms with van der Waals surface area (Å²) in [6.07, 6.45) is 1.29. The molecule has 0 atom stereocenters. The van der Waals surface area contributed by atoms with E-state index >= 15 is 0 Å². The average Bonchev–Trinajstić information content (AvgIpc) is 2.49. The van der Waals surface area contributed by atoms with Crippen LogP contribution in [0.2, 0.25) is 0 Å². The average molecular weight is 283 g/mol. The van der Waals surface area contributed by atoms with Crippen LogP contribution in [0.15, 0.2) is 60.7 Å². The molecule has 0 fully saturated rings. The highest BCUT2D eigenvalue weighted by Crippen LogP contribution is 2.34. The minimum absolute atomic E-state index is 0. The molecule has 2 aromatic carbocycles. The van der Waals surface area contributed by atoms with Gasteiger partial charge in [0.2, 0.25) is 0 Å². The predicted molar refractivity (Wildman–Crippen MR) is 86.3 cm³/mol. The van der Waals surface area contributed by atoms with Gasteiger partial charge in [-0.25, -0.2) is 0 Å². The van der Waals surface area contributed by atoms with Gasteiger partial charge in [0.15, 0.2) is 0 Å². The van der Waals surface area contributed by atoms with Crippen LogP contribution in [0.25, 0.3) is 0 Å². The van der Waals surface area contributed by atoms with Gasteiger partial charge in [0.1, 0.15) is 0 Å². The van der Waals surface area contributed by atoms with Crippen molar-refractivity contribution in [3.63, 3.8) is 0 Å². The largest absolute Gasteiger partial charge is 0.469 e. The maximum atomic E-state index is 11.4. The zero-order valence-electron chi connectivity index (χ0n) is 11.5. The Hall–Kier alpha value is -1.60. The van der Waals surface area contributed by atoms with Crippen LogP contribution in [0.4, 0.5) is 0 Å². The second-order valence-electron chi connectivity index (χ2n) is 4.15. The van der Waals surface area contributed by atoms with Crippen molar-refractivity contribution in [2.45, 2.75) is 6.42 Å². The number of carbonyl (C=O) groups excluding carboxylic acids is 1. The molecule has 2 nitrogen and oxygen atoms in total. The molecule has 2 aromatic rings. The summed E-state index contributed by atoms with van der Waals surface area (Å²) in [7, 11) is 0.950. The molecule has 0 amide bonds. The maximum absolute atomic E-state index is 11.4. The molecule has 101 valence electrons. The zero-order valence-corrected chi connectivity index (χ0v) is 12.4. The normalized spacial score (nSPS) is 9.90. The second kappa shape index (κ2) is 8.55. The summed E-state index contributed by atoms with van der Waals surface area (Å²) in [6, 6.07) is 20.8. The van der Waals surface area contributed by atoms with E-state index in [9.17, 15) is 4.79 Å². The van der Waals surface area contributed by atoms with Crippen molar-refractivity contribution in [2.24, 2.45) is 0 Å². The van der Waals surface area contributed by atoms with Gasteiger partial charge in [0.25, 0.3) is 0 Å². The third kappa shape index (κ3) is 4.50. The van der Waals surface area contributed by atoms with Crippen molar-refractivity contribution < 1.29 is 9.53 Å². The summed E-state index contributed by atoms with van der Waals surface area (Å²) in [5, 5.41) is 2.60. The Kier molecular flexibility index (Phi) is 7.04. The van der Waals surface area contributed by atoms with E-state index < -0.39 is 7.92 Å². The monoisotopic (exact) mass is 283 g/mol. The van der Waals surface area contributed by atoms with Crippen LogP contribution in [0.1, 0.15) is 6.42 Å². The Labute approximate surface area is 123 Å². The van der Waals surface area contributed by atoms with Gasteiger partial charge in [-0.2, -0.15) is 0 Å². The Balaban J connectivity index is 0.00000200. The molecule has 20 heavy (non-hydrogen) atoms. The first-order valence-electron chi connectivity index (χ1n) is 6.25. The summed E-state index contributed by atoms with van der Waals surface area (Å²) in [4.78, 5) is 11.4. The van der Waals surface area contributed by atoms with Crippen LogP contribution in [-0.2, 0) is 9.53 Å². The van der Waals surface area contributed by atoms with Crippen molar-refractivity contribution in [2.75, 3.05) is 13.3 Å². The van der Waals surface area contributed by atoms with E-state index in [1.807, 2.05) is 36.4 Å². The lowest BCUT2D eigenvalue weighted by Gasteiger charge is -2.18. The standard InChI is InChI=1S/C16H17O2P.B/c1-18-16(17)12-13-19(14-8-4-2-5-9-14)15-10-6-3-7-11-15;/h2-11H,12-13H2,1H3;. The molecule has 0 saturated carbocycles. The molecule has 0 heterocycles. The highest BCUT2D eigenvalue weighted by Gasteiger charge is 2.15. The van der Waals surface area contributed by atoms with Gasteiger partial charge in [0, 0.05) is 8.41 Å². The minimum Gasteiger partial charge on any atom is -0.469 e. The Morgan fingerprint density at radius 2 is 1.40 bits per heavy atom. The first-order chi connectivity index (χ1) is 9.31. The summed E-state index contributed by atoms with van der Waals surface area (Å²) in [5.74, 6) is -0.139. The number of methoxy groups -OCH3 is 1. The lowest BCUT2D eigenvalue weighted by atomic mass is 10.4. The fourth-order valence-electron chi connectivity index (χ4n) is 1.93. The van der Waals surface area contributed by atoms with Crippen molar-refractivity contribution in [1.29, 1.82) is 0 Å². The van der Waals surface area contributed by atoms with E-state index in [2.05, 4.69) is 24.3 Å². The number of ether oxygens (including phenoxy) is 1. The number of esters is 1. The van der Waals surface area contributed by atoms with Gasteiger partial charge in [0.05, 0.1) is 13.5 Å². The topological polar surface area (TPSA) is 26.3 Å². The molecule has 2 rings (SSSR count). The van der Waals surface area contributed by atoms with Crippen LogP contribution in [0.5, 0.6) is 0 Å². The van der Waals surface area contributed by atoms with E-state index in [1.165, 1.54) is 17.7 Å². The molecule has 0 spiro atoms. The molecule has 0 unspecified atom stereocenters. The van der Waals surface area contributed by atoms with Crippen LogP contribution >= 0.6 is 7.92 Å².